The van der Waals surface area contributed by atoms with E-state index in [2.05, 4.69) is 5.32 Å². The highest BCUT2D eigenvalue weighted by molar-refractivity contribution is 5.81. The maximum absolute atomic E-state index is 12.2. The zero-order valence-corrected chi connectivity index (χ0v) is 13.1. The predicted octanol–water partition coefficient (Wildman–Crippen LogP) is 3.34. The molecule has 2 atom stereocenters. The molecule has 2 aromatic carbocycles. The number of para-hydroxylation sites is 1. The van der Waals surface area contributed by atoms with Crippen LogP contribution in [0, 0.1) is 0 Å². The molecule has 0 aliphatic heterocycles. The van der Waals surface area contributed by atoms with E-state index >= 15 is 0 Å². The lowest BCUT2D eigenvalue weighted by atomic mass is 10.1. The molecule has 116 valence electrons. The second-order valence-corrected chi connectivity index (χ2v) is 5.08. The second kappa shape index (κ2) is 7.50. The molecule has 0 fully saturated rings. The van der Waals surface area contributed by atoms with Gasteiger partial charge in [0.25, 0.3) is 5.91 Å². The van der Waals surface area contributed by atoms with Gasteiger partial charge in [-0.15, -0.1) is 0 Å². The predicted molar refractivity (Wildman–Crippen MR) is 86.1 cm³/mol. The van der Waals surface area contributed by atoms with Gasteiger partial charge in [-0.25, -0.2) is 0 Å². The maximum atomic E-state index is 12.2. The summed E-state index contributed by atoms with van der Waals surface area (Å²) in [7, 11) is 1.63. The number of carbonyl (C=O) groups is 1. The molecule has 0 aliphatic rings. The first-order chi connectivity index (χ1) is 10.6. The van der Waals surface area contributed by atoms with Crippen molar-refractivity contribution < 1.29 is 14.3 Å². The largest absolute Gasteiger partial charge is 0.497 e. The van der Waals surface area contributed by atoms with Gasteiger partial charge in [-0.3, -0.25) is 4.79 Å². The minimum Gasteiger partial charge on any atom is -0.497 e. The Bertz CT molecular complexity index is 595. The molecule has 1 amide bonds. The smallest absolute Gasteiger partial charge is 0.261 e. The molecule has 1 N–H and O–H groups in total. The van der Waals surface area contributed by atoms with Gasteiger partial charge in [0.2, 0.25) is 0 Å². The molecule has 0 aromatic heterocycles. The van der Waals surface area contributed by atoms with Crippen LogP contribution in [0.5, 0.6) is 11.5 Å². The Hall–Kier alpha value is -2.49. The zero-order valence-electron chi connectivity index (χ0n) is 13.1. The van der Waals surface area contributed by atoms with Crippen LogP contribution in [-0.2, 0) is 4.79 Å². The fraction of sp³-hybridized carbons (Fsp3) is 0.278. The molecular weight excluding hydrogens is 278 g/mol. The molecule has 0 aliphatic carbocycles. The number of hydrogen-bond donors (Lipinski definition) is 1. The van der Waals surface area contributed by atoms with Gasteiger partial charge in [0.15, 0.2) is 6.10 Å². The lowest BCUT2D eigenvalue weighted by Crippen LogP contribution is -2.37. The summed E-state index contributed by atoms with van der Waals surface area (Å²) in [6, 6.07) is 16.8. The van der Waals surface area contributed by atoms with Crippen molar-refractivity contribution in [3.8, 4) is 11.5 Å². The number of hydrogen-bond acceptors (Lipinski definition) is 3. The summed E-state index contributed by atoms with van der Waals surface area (Å²) in [6.07, 6.45) is -0.553. The lowest BCUT2D eigenvalue weighted by Gasteiger charge is -2.19. The molecule has 0 radical (unpaired) electrons. The maximum Gasteiger partial charge on any atom is 0.261 e. The SMILES string of the molecule is COc1ccc([C@H](C)NC(=O)[C@H](C)Oc2ccccc2)cc1. The molecule has 22 heavy (non-hydrogen) atoms. The number of ether oxygens (including phenoxy) is 2. The summed E-state index contributed by atoms with van der Waals surface area (Å²) >= 11 is 0. The molecule has 4 heteroatoms. The molecule has 0 saturated heterocycles. The summed E-state index contributed by atoms with van der Waals surface area (Å²) in [5.41, 5.74) is 1.01. The van der Waals surface area contributed by atoms with E-state index in [1.165, 1.54) is 0 Å². The van der Waals surface area contributed by atoms with Crippen LogP contribution in [0.3, 0.4) is 0 Å². The van der Waals surface area contributed by atoms with Crippen LogP contribution >= 0.6 is 0 Å². The third-order valence-corrected chi connectivity index (χ3v) is 3.40. The van der Waals surface area contributed by atoms with E-state index in [1.54, 1.807) is 14.0 Å². The minimum absolute atomic E-state index is 0.0970. The quantitative estimate of drug-likeness (QED) is 0.890. The van der Waals surface area contributed by atoms with Gasteiger partial charge in [0.05, 0.1) is 13.2 Å². The number of methoxy groups -OCH3 is 1. The van der Waals surface area contributed by atoms with Gasteiger partial charge in [-0.1, -0.05) is 30.3 Å². The molecule has 4 nitrogen and oxygen atoms in total. The van der Waals surface area contributed by atoms with Gasteiger partial charge in [0.1, 0.15) is 11.5 Å². The Morgan fingerprint density at radius 3 is 2.18 bits per heavy atom. The van der Waals surface area contributed by atoms with E-state index in [-0.39, 0.29) is 11.9 Å². The molecule has 0 bridgehead atoms. The fourth-order valence-corrected chi connectivity index (χ4v) is 2.06. The highest BCUT2D eigenvalue weighted by atomic mass is 16.5. The summed E-state index contributed by atoms with van der Waals surface area (Å²) in [6.45, 7) is 3.68. The van der Waals surface area contributed by atoms with Crippen LogP contribution in [0.1, 0.15) is 25.5 Å². The molecule has 0 spiro atoms. The van der Waals surface area contributed by atoms with E-state index in [0.717, 1.165) is 11.3 Å². The first-order valence-electron chi connectivity index (χ1n) is 7.26. The van der Waals surface area contributed by atoms with E-state index < -0.39 is 6.10 Å². The second-order valence-electron chi connectivity index (χ2n) is 5.08. The van der Waals surface area contributed by atoms with Gasteiger partial charge in [-0.2, -0.15) is 0 Å². The van der Waals surface area contributed by atoms with Crippen LogP contribution < -0.4 is 14.8 Å². The number of rotatable bonds is 6. The summed E-state index contributed by atoms with van der Waals surface area (Å²) in [4.78, 5) is 12.2. The third kappa shape index (κ3) is 4.25. The Morgan fingerprint density at radius 1 is 0.955 bits per heavy atom. The van der Waals surface area contributed by atoms with E-state index in [1.807, 2.05) is 61.5 Å². The fourth-order valence-electron chi connectivity index (χ4n) is 2.06. The van der Waals surface area contributed by atoms with Crippen molar-refractivity contribution in [2.24, 2.45) is 0 Å². The van der Waals surface area contributed by atoms with Gasteiger partial charge < -0.3 is 14.8 Å². The summed E-state index contributed by atoms with van der Waals surface area (Å²) in [5, 5.41) is 2.95. The number of nitrogens with one attached hydrogen (secondary N) is 1. The van der Waals surface area contributed by atoms with Crippen molar-refractivity contribution in [3.63, 3.8) is 0 Å². The van der Waals surface area contributed by atoms with Crippen molar-refractivity contribution in [2.75, 3.05) is 7.11 Å². The van der Waals surface area contributed by atoms with E-state index in [9.17, 15) is 4.79 Å². The normalized spacial score (nSPS) is 13.0. The Kier molecular flexibility index (Phi) is 5.42. The molecule has 0 heterocycles. The minimum atomic E-state index is -0.553. The van der Waals surface area contributed by atoms with Gasteiger partial charge >= 0.3 is 0 Å². The van der Waals surface area contributed by atoms with Crippen molar-refractivity contribution in [3.05, 3.63) is 60.2 Å². The van der Waals surface area contributed by atoms with Crippen molar-refractivity contribution in [1.82, 2.24) is 5.32 Å². The Morgan fingerprint density at radius 2 is 1.59 bits per heavy atom. The van der Waals surface area contributed by atoms with Crippen molar-refractivity contribution in [2.45, 2.75) is 26.0 Å². The van der Waals surface area contributed by atoms with Crippen molar-refractivity contribution in [1.29, 1.82) is 0 Å². The molecule has 0 saturated carbocycles. The topological polar surface area (TPSA) is 47.6 Å². The zero-order chi connectivity index (χ0) is 15.9. The number of carbonyl (C=O) groups excluding carboxylic acids is 1. The Labute approximate surface area is 131 Å². The van der Waals surface area contributed by atoms with Crippen molar-refractivity contribution >= 4 is 5.91 Å². The molecule has 2 rings (SSSR count). The standard InChI is InChI=1S/C18H21NO3/c1-13(15-9-11-16(21-3)12-10-15)19-18(20)14(2)22-17-7-5-4-6-8-17/h4-14H,1-3H3,(H,19,20)/t13-,14-/m0/s1. The highest BCUT2D eigenvalue weighted by Gasteiger charge is 2.17. The van der Waals surface area contributed by atoms with Crippen LogP contribution in [0.2, 0.25) is 0 Å². The van der Waals surface area contributed by atoms with Gasteiger partial charge in [-0.05, 0) is 43.7 Å². The average molecular weight is 299 g/mol. The Balaban J connectivity index is 1.92. The monoisotopic (exact) mass is 299 g/mol. The molecule has 2 aromatic rings. The summed E-state index contributed by atoms with van der Waals surface area (Å²) < 4.78 is 10.7. The van der Waals surface area contributed by atoms with Gasteiger partial charge in [0, 0.05) is 0 Å². The first-order valence-corrected chi connectivity index (χ1v) is 7.26. The molecule has 0 unspecified atom stereocenters. The lowest BCUT2D eigenvalue weighted by molar-refractivity contribution is -0.127. The number of benzene rings is 2. The summed E-state index contributed by atoms with van der Waals surface area (Å²) in [5.74, 6) is 1.33. The van der Waals surface area contributed by atoms with Crippen LogP contribution in [0.4, 0.5) is 0 Å². The molecular formula is C18H21NO3. The van der Waals surface area contributed by atoms with Crippen LogP contribution in [0.15, 0.2) is 54.6 Å². The average Bonchev–Trinajstić information content (AvgIpc) is 2.55. The first kappa shape index (κ1) is 15.9. The van der Waals surface area contributed by atoms with E-state index in [0.29, 0.717) is 5.75 Å². The van der Waals surface area contributed by atoms with Crippen LogP contribution in [0.25, 0.3) is 0 Å². The third-order valence-electron chi connectivity index (χ3n) is 3.40. The number of amides is 1. The van der Waals surface area contributed by atoms with Crippen LogP contribution in [-0.4, -0.2) is 19.1 Å². The highest BCUT2D eigenvalue weighted by Crippen LogP contribution is 2.18. The van der Waals surface area contributed by atoms with E-state index in [4.69, 9.17) is 9.47 Å².